The smallest absolute Gasteiger partial charge is 0.313 e. The van der Waals surface area contributed by atoms with Crippen molar-refractivity contribution >= 4 is 17.5 Å². The number of rotatable bonds is 4. The Balaban J connectivity index is 1.95. The molecule has 22 heavy (non-hydrogen) atoms. The van der Waals surface area contributed by atoms with Crippen molar-refractivity contribution < 1.29 is 14.0 Å². The van der Waals surface area contributed by atoms with E-state index in [1.807, 2.05) is 45.0 Å². The van der Waals surface area contributed by atoms with E-state index in [1.165, 1.54) is 0 Å². The van der Waals surface area contributed by atoms with Gasteiger partial charge in [0.15, 0.2) is 0 Å². The summed E-state index contributed by atoms with van der Waals surface area (Å²) in [6.45, 7) is 5.93. The van der Waals surface area contributed by atoms with E-state index in [-0.39, 0.29) is 6.54 Å². The summed E-state index contributed by atoms with van der Waals surface area (Å²) in [5.74, 6) is 0.195. The van der Waals surface area contributed by atoms with Crippen LogP contribution >= 0.6 is 0 Å². The van der Waals surface area contributed by atoms with Crippen molar-refractivity contribution in [1.29, 1.82) is 0 Å². The molecule has 0 fully saturated rings. The van der Waals surface area contributed by atoms with Gasteiger partial charge in [0, 0.05) is 17.8 Å². The fourth-order valence-corrected chi connectivity index (χ4v) is 2.24. The minimum Gasteiger partial charge on any atom is -0.466 e. The number of para-hydroxylation sites is 1. The van der Waals surface area contributed by atoms with Gasteiger partial charge in [-0.1, -0.05) is 25.1 Å². The molecule has 0 saturated heterocycles. The van der Waals surface area contributed by atoms with Crippen LogP contribution in [0.4, 0.5) is 5.69 Å². The lowest BCUT2D eigenvalue weighted by molar-refractivity contribution is -0.136. The fraction of sp³-hybridized carbons (Fsp3) is 0.294. The van der Waals surface area contributed by atoms with Crippen molar-refractivity contribution in [3.05, 3.63) is 53.0 Å². The summed E-state index contributed by atoms with van der Waals surface area (Å²) in [7, 11) is 0. The minimum absolute atomic E-state index is 0.269. The number of carbonyl (C=O) groups is 2. The van der Waals surface area contributed by atoms with Crippen molar-refractivity contribution in [2.75, 3.05) is 5.32 Å². The zero-order valence-electron chi connectivity index (χ0n) is 13.0. The van der Waals surface area contributed by atoms with Crippen LogP contribution in [0.25, 0.3) is 0 Å². The predicted octanol–water partition coefficient (Wildman–Crippen LogP) is 2.71. The molecular weight excluding hydrogens is 280 g/mol. The van der Waals surface area contributed by atoms with E-state index in [1.54, 1.807) is 6.07 Å². The molecule has 1 aromatic carbocycles. The lowest BCUT2D eigenvalue weighted by atomic mass is 10.1. The van der Waals surface area contributed by atoms with Gasteiger partial charge in [-0.25, -0.2) is 0 Å². The van der Waals surface area contributed by atoms with Gasteiger partial charge >= 0.3 is 11.8 Å². The van der Waals surface area contributed by atoms with Crippen LogP contribution in [0.2, 0.25) is 0 Å². The number of anilines is 1. The molecule has 0 aliphatic rings. The third-order valence-electron chi connectivity index (χ3n) is 3.44. The predicted molar refractivity (Wildman–Crippen MR) is 84.5 cm³/mol. The van der Waals surface area contributed by atoms with Gasteiger partial charge in [0.25, 0.3) is 0 Å². The monoisotopic (exact) mass is 300 g/mol. The molecule has 5 heteroatoms. The quantitative estimate of drug-likeness (QED) is 0.853. The second-order valence-electron chi connectivity index (χ2n) is 5.09. The summed E-state index contributed by atoms with van der Waals surface area (Å²) in [6.07, 6.45) is 0.783. The van der Waals surface area contributed by atoms with Gasteiger partial charge < -0.3 is 15.1 Å². The highest BCUT2D eigenvalue weighted by Crippen LogP contribution is 2.15. The van der Waals surface area contributed by atoms with E-state index in [0.717, 1.165) is 29.1 Å². The normalized spacial score (nSPS) is 10.3. The van der Waals surface area contributed by atoms with E-state index >= 15 is 0 Å². The molecule has 0 radical (unpaired) electrons. The summed E-state index contributed by atoms with van der Waals surface area (Å²) in [5.41, 5.74) is 2.53. The van der Waals surface area contributed by atoms with Crippen LogP contribution in [0.3, 0.4) is 0 Å². The first kappa shape index (κ1) is 15.8. The maximum Gasteiger partial charge on any atom is 0.313 e. The molecule has 1 heterocycles. The maximum absolute atomic E-state index is 11.9. The van der Waals surface area contributed by atoms with Gasteiger partial charge in [0.1, 0.15) is 11.5 Å². The fourth-order valence-electron chi connectivity index (χ4n) is 2.24. The molecule has 0 unspecified atom stereocenters. The largest absolute Gasteiger partial charge is 0.466 e. The van der Waals surface area contributed by atoms with Gasteiger partial charge in [0.2, 0.25) is 0 Å². The second kappa shape index (κ2) is 6.93. The van der Waals surface area contributed by atoms with Crippen molar-refractivity contribution in [2.45, 2.75) is 33.7 Å². The molecule has 0 saturated carbocycles. The highest BCUT2D eigenvalue weighted by molar-refractivity contribution is 6.39. The van der Waals surface area contributed by atoms with Gasteiger partial charge in [-0.05, 0) is 38.0 Å². The molecule has 2 N–H and O–H groups in total. The minimum atomic E-state index is -0.668. The standard InChI is InChI=1S/C17H20N2O3/c1-4-13-7-5-6-8-15(13)19-17(21)16(20)18-10-14-9-11(2)22-12(14)3/h5-9H,4,10H2,1-3H3,(H,18,20)(H,19,21). The average molecular weight is 300 g/mol. The summed E-state index contributed by atoms with van der Waals surface area (Å²) >= 11 is 0. The molecule has 0 aliphatic heterocycles. The van der Waals surface area contributed by atoms with Crippen LogP contribution in [0.15, 0.2) is 34.7 Å². The van der Waals surface area contributed by atoms with E-state index in [0.29, 0.717) is 5.69 Å². The molecule has 2 amide bonds. The SMILES string of the molecule is CCc1ccccc1NC(=O)C(=O)NCc1cc(C)oc1C. The molecule has 2 aromatic rings. The topological polar surface area (TPSA) is 71.3 Å². The molecule has 2 rings (SSSR count). The molecule has 0 bridgehead atoms. The van der Waals surface area contributed by atoms with Crippen LogP contribution in [-0.4, -0.2) is 11.8 Å². The highest BCUT2D eigenvalue weighted by Gasteiger charge is 2.15. The van der Waals surface area contributed by atoms with Crippen molar-refractivity contribution in [3.8, 4) is 0 Å². The highest BCUT2D eigenvalue weighted by atomic mass is 16.3. The Morgan fingerprint density at radius 2 is 1.82 bits per heavy atom. The zero-order valence-corrected chi connectivity index (χ0v) is 13.0. The first-order chi connectivity index (χ1) is 10.5. The number of carbonyl (C=O) groups excluding carboxylic acids is 2. The molecule has 0 atom stereocenters. The Bertz CT molecular complexity index is 689. The van der Waals surface area contributed by atoms with Crippen LogP contribution < -0.4 is 10.6 Å². The van der Waals surface area contributed by atoms with E-state index < -0.39 is 11.8 Å². The van der Waals surface area contributed by atoms with Gasteiger partial charge in [-0.15, -0.1) is 0 Å². The van der Waals surface area contributed by atoms with Crippen LogP contribution in [0.5, 0.6) is 0 Å². The second-order valence-corrected chi connectivity index (χ2v) is 5.09. The number of nitrogens with one attached hydrogen (secondary N) is 2. The molecule has 0 aliphatic carbocycles. The Kier molecular flexibility index (Phi) is 4.99. The summed E-state index contributed by atoms with van der Waals surface area (Å²) in [4.78, 5) is 23.8. The molecule has 1 aromatic heterocycles. The van der Waals surface area contributed by atoms with Gasteiger partial charge in [-0.2, -0.15) is 0 Å². The summed E-state index contributed by atoms with van der Waals surface area (Å²) < 4.78 is 5.38. The lowest BCUT2D eigenvalue weighted by Crippen LogP contribution is -2.35. The number of benzene rings is 1. The molecule has 0 spiro atoms. The van der Waals surface area contributed by atoms with E-state index in [4.69, 9.17) is 4.42 Å². The summed E-state index contributed by atoms with van der Waals surface area (Å²) in [5, 5.41) is 5.24. The number of amides is 2. The Labute approximate surface area is 129 Å². The van der Waals surface area contributed by atoms with Crippen LogP contribution in [0, 0.1) is 13.8 Å². The average Bonchev–Trinajstić information content (AvgIpc) is 2.83. The van der Waals surface area contributed by atoms with Crippen molar-refractivity contribution in [2.24, 2.45) is 0 Å². The van der Waals surface area contributed by atoms with E-state index in [9.17, 15) is 9.59 Å². The summed E-state index contributed by atoms with van der Waals surface area (Å²) in [6, 6.07) is 9.28. The molecular formula is C17H20N2O3. The van der Waals surface area contributed by atoms with Crippen LogP contribution in [0.1, 0.15) is 29.6 Å². The number of hydrogen-bond acceptors (Lipinski definition) is 3. The van der Waals surface area contributed by atoms with Crippen molar-refractivity contribution in [1.82, 2.24) is 5.32 Å². The Morgan fingerprint density at radius 3 is 2.45 bits per heavy atom. The number of furan rings is 1. The number of aryl methyl sites for hydroxylation is 3. The lowest BCUT2D eigenvalue weighted by Gasteiger charge is -2.09. The third-order valence-corrected chi connectivity index (χ3v) is 3.44. The third kappa shape index (κ3) is 3.75. The first-order valence-electron chi connectivity index (χ1n) is 7.24. The van der Waals surface area contributed by atoms with Crippen LogP contribution in [-0.2, 0) is 22.6 Å². The molecule has 5 nitrogen and oxygen atoms in total. The zero-order chi connectivity index (χ0) is 16.1. The van der Waals surface area contributed by atoms with E-state index in [2.05, 4.69) is 10.6 Å². The van der Waals surface area contributed by atoms with Gasteiger partial charge in [0.05, 0.1) is 0 Å². The maximum atomic E-state index is 11.9. The Morgan fingerprint density at radius 1 is 1.09 bits per heavy atom. The Hall–Kier alpha value is -2.56. The first-order valence-corrected chi connectivity index (χ1v) is 7.24. The van der Waals surface area contributed by atoms with Gasteiger partial charge in [-0.3, -0.25) is 9.59 Å². The number of hydrogen-bond donors (Lipinski definition) is 2. The molecule has 116 valence electrons. The van der Waals surface area contributed by atoms with Crippen molar-refractivity contribution in [3.63, 3.8) is 0 Å².